The van der Waals surface area contributed by atoms with Crippen molar-refractivity contribution in [2.45, 2.75) is 6.04 Å². The van der Waals surface area contributed by atoms with E-state index in [1.54, 1.807) is 30.3 Å². The largest absolute Gasteiger partial charge is 0.507 e. The molecule has 1 atom stereocenters. The molecule has 1 aromatic heterocycles. The number of hydrogen-bond acceptors (Lipinski definition) is 4. The topological polar surface area (TPSA) is 57.6 Å². The summed E-state index contributed by atoms with van der Waals surface area (Å²) in [5.74, 6) is -1.57. The van der Waals surface area contributed by atoms with Gasteiger partial charge in [-0.15, -0.1) is 11.3 Å². The fraction of sp³-hybridized carbons (Fsp3) is 0.0400. The summed E-state index contributed by atoms with van der Waals surface area (Å²) in [6.07, 6.45) is 0. The van der Waals surface area contributed by atoms with E-state index in [1.165, 1.54) is 16.2 Å². The lowest BCUT2D eigenvalue weighted by atomic mass is 9.98. The maximum absolute atomic E-state index is 13.1. The van der Waals surface area contributed by atoms with Crippen molar-refractivity contribution in [1.82, 2.24) is 0 Å². The van der Waals surface area contributed by atoms with E-state index >= 15 is 0 Å². The average molecular weight is 446 g/mol. The van der Waals surface area contributed by atoms with Crippen molar-refractivity contribution in [3.63, 3.8) is 0 Å². The van der Waals surface area contributed by atoms with Crippen LogP contribution in [0.1, 0.15) is 16.5 Å². The highest BCUT2D eigenvalue weighted by Gasteiger charge is 2.47. The van der Waals surface area contributed by atoms with E-state index in [-0.39, 0.29) is 11.3 Å². The zero-order valence-corrected chi connectivity index (χ0v) is 17.7. The number of carbonyl (C=O) groups excluding carboxylic acids is 2. The van der Waals surface area contributed by atoms with E-state index in [1.807, 2.05) is 53.9 Å². The maximum atomic E-state index is 13.1. The molecule has 0 radical (unpaired) electrons. The predicted molar refractivity (Wildman–Crippen MR) is 125 cm³/mol. The highest BCUT2D eigenvalue weighted by Crippen LogP contribution is 2.43. The van der Waals surface area contributed by atoms with Crippen LogP contribution in [-0.2, 0) is 9.59 Å². The first kappa shape index (κ1) is 19.5. The molecule has 0 saturated carbocycles. The first-order valence-corrected chi connectivity index (χ1v) is 10.9. The smallest absolute Gasteiger partial charge is 0.300 e. The van der Waals surface area contributed by atoms with Gasteiger partial charge in [0.1, 0.15) is 11.8 Å². The number of thiophene rings is 1. The van der Waals surface area contributed by atoms with Crippen LogP contribution in [0, 0.1) is 0 Å². The van der Waals surface area contributed by atoms with Crippen LogP contribution in [-0.4, -0.2) is 16.8 Å². The standard InChI is InChI=1S/C25H16ClNO3S/c26-18-9-11-19(12-10-18)27-22(20-6-3-13-31-20)21(24(29)25(27)30)23(28)17-8-7-15-4-1-2-5-16(15)14-17/h1-14,22,28H/b23-21-. The molecule has 0 aliphatic carbocycles. The summed E-state index contributed by atoms with van der Waals surface area (Å²) in [6, 6.07) is 23.0. The highest BCUT2D eigenvalue weighted by atomic mass is 35.5. The van der Waals surface area contributed by atoms with Crippen LogP contribution in [0.5, 0.6) is 0 Å². The molecule has 1 aliphatic heterocycles. The number of fused-ring (bicyclic) bond motifs is 1. The van der Waals surface area contributed by atoms with Crippen LogP contribution in [0.25, 0.3) is 16.5 Å². The third-order valence-corrected chi connectivity index (χ3v) is 6.56. The van der Waals surface area contributed by atoms with E-state index in [0.29, 0.717) is 16.3 Å². The van der Waals surface area contributed by atoms with Gasteiger partial charge in [-0.25, -0.2) is 0 Å². The minimum absolute atomic E-state index is 0.0812. The number of amides is 1. The van der Waals surface area contributed by atoms with Gasteiger partial charge in [0.05, 0.1) is 5.57 Å². The lowest BCUT2D eigenvalue weighted by molar-refractivity contribution is -0.132. The van der Waals surface area contributed by atoms with Gasteiger partial charge in [0.15, 0.2) is 0 Å². The van der Waals surface area contributed by atoms with Crippen LogP contribution in [0.3, 0.4) is 0 Å². The molecule has 1 saturated heterocycles. The van der Waals surface area contributed by atoms with Gasteiger partial charge in [0.2, 0.25) is 0 Å². The predicted octanol–water partition coefficient (Wildman–Crippen LogP) is 6.18. The second-order valence-electron chi connectivity index (χ2n) is 7.22. The van der Waals surface area contributed by atoms with Crippen LogP contribution in [0.4, 0.5) is 5.69 Å². The van der Waals surface area contributed by atoms with Gasteiger partial charge >= 0.3 is 0 Å². The van der Waals surface area contributed by atoms with E-state index in [4.69, 9.17) is 11.6 Å². The third-order valence-electron chi connectivity index (χ3n) is 5.38. The molecule has 3 aromatic carbocycles. The van der Waals surface area contributed by atoms with Crippen molar-refractivity contribution in [3.05, 3.63) is 105 Å². The average Bonchev–Trinajstić information content (AvgIpc) is 3.41. The zero-order chi connectivity index (χ0) is 21.5. The molecule has 4 aromatic rings. The Bertz CT molecular complexity index is 1340. The second-order valence-corrected chi connectivity index (χ2v) is 8.64. The van der Waals surface area contributed by atoms with Crippen molar-refractivity contribution in [3.8, 4) is 0 Å². The summed E-state index contributed by atoms with van der Waals surface area (Å²) in [4.78, 5) is 28.4. The second kappa shape index (κ2) is 7.69. The molecule has 1 amide bonds. The lowest BCUT2D eigenvalue weighted by Gasteiger charge is -2.24. The fourth-order valence-corrected chi connectivity index (χ4v) is 4.86. The van der Waals surface area contributed by atoms with Crippen LogP contribution < -0.4 is 4.90 Å². The Labute approximate surface area is 187 Å². The third kappa shape index (κ3) is 3.32. The SMILES string of the molecule is O=C1C(=O)N(c2ccc(Cl)cc2)C(c2cccs2)/C1=C(/O)c1ccc2ccccc2c1. The Balaban J connectivity index is 1.70. The Kier molecular flexibility index (Phi) is 4.85. The number of benzene rings is 3. The number of nitrogens with zero attached hydrogens (tertiary/aromatic N) is 1. The lowest BCUT2D eigenvalue weighted by Crippen LogP contribution is -2.29. The fourth-order valence-electron chi connectivity index (χ4n) is 3.91. The van der Waals surface area contributed by atoms with Crippen LogP contribution >= 0.6 is 22.9 Å². The van der Waals surface area contributed by atoms with Crippen molar-refractivity contribution < 1.29 is 14.7 Å². The number of anilines is 1. The number of carbonyl (C=O) groups is 2. The summed E-state index contributed by atoms with van der Waals surface area (Å²) in [7, 11) is 0. The molecule has 5 rings (SSSR count). The van der Waals surface area contributed by atoms with Gasteiger partial charge in [-0.3, -0.25) is 14.5 Å². The number of ketones is 1. The zero-order valence-electron chi connectivity index (χ0n) is 16.2. The molecule has 6 heteroatoms. The molecule has 1 fully saturated rings. The molecule has 0 spiro atoms. The van der Waals surface area contributed by atoms with Gasteiger partial charge in [-0.2, -0.15) is 0 Å². The van der Waals surface area contributed by atoms with Crippen molar-refractivity contribution >= 4 is 56.8 Å². The van der Waals surface area contributed by atoms with Gasteiger partial charge in [0, 0.05) is 21.2 Å². The summed E-state index contributed by atoms with van der Waals surface area (Å²) in [6.45, 7) is 0. The summed E-state index contributed by atoms with van der Waals surface area (Å²) in [5.41, 5.74) is 1.12. The Morgan fingerprint density at radius 3 is 2.35 bits per heavy atom. The van der Waals surface area contributed by atoms with Crippen molar-refractivity contribution in [1.29, 1.82) is 0 Å². The number of aliphatic hydroxyl groups is 1. The molecule has 1 N–H and O–H groups in total. The quantitative estimate of drug-likeness (QED) is 0.232. The molecule has 1 aliphatic rings. The van der Waals surface area contributed by atoms with Gasteiger partial charge < -0.3 is 5.11 Å². The molecule has 31 heavy (non-hydrogen) atoms. The molecular formula is C25H16ClNO3S. The van der Waals surface area contributed by atoms with Gasteiger partial charge in [0.25, 0.3) is 11.7 Å². The summed E-state index contributed by atoms with van der Waals surface area (Å²) in [5, 5.41) is 15.6. The number of Topliss-reactive ketones (excluding diaryl/α,β-unsaturated/α-hetero) is 1. The van der Waals surface area contributed by atoms with E-state index in [2.05, 4.69) is 0 Å². The van der Waals surface area contributed by atoms with E-state index in [0.717, 1.165) is 15.6 Å². The van der Waals surface area contributed by atoms with Crippen LogP contribution in [0.2, 0.25) is 5.02 Å². The Morgan fingerprint density at radius 2 is 1.65 bits per heavy atom. The highest BCUT2D eigenvalue weighted by molar-refractivity contribution is 7.10. The minimum Gasteiger partial charge on any atom is -0.507 e. The minimum atomic E-state index is -0.715. The molecular weight excluding hydrogens is 430 g/mol. The molecule has 4 nitrogen and oxygen atoms in total. The number of halogens is 1. The molecule has 152 valence electrons. The number of rotatable bonds is 3. The normalized spacial score (nSPS) is 18.1. The van der Waals surface area contributed by atoms with Gasteiger partial charge in [-0.1, -0.05) is 54.1 Å². The maximum Gasteiger partial charge on any atom is 0.300 e. The molecule has 2 heterocycles. The van der Waals surface area contributed by atoms with Crippen molar-refractivity contribution in [2.75, 3.05) is 4.90 Å². The molecule has 0 bridgehead atoms. The van der Waals surface area contributed by atoms with E-state index in [9.17, 15) is 14.7 Å². The Hall–Kier alpha value is -3.41. The first-order valence-electron chi connectivity index (χ1n) is 9.64. The number of aliphatic hydroxyl groups excluding tert-OH is 1. The Morgan fingerprint density at radius 1 is 0.903 bits per heavy atom. The molecule has 1 unspecified atom stereocenters. The first-order chi connectivity index (χ1) is 15.0. The van der Waals surface area contributed by atoms with Crippen molar-refractivity contribution in [2.24, 2.45) is 0 Å². The van der Waals surface area contributed by atoms with Gasteiger partial charge in [-0.05, 0) is 52.6 Å². The monoisotopic (exact) mass is 445 g/mol. The number of hydrogen-bond donors (Lipinski definition) is 1. The van der Waals surface area contributed by atoms with E-state index < -0.39 is 17.7 Å². The summed E-state index contributed by atoms with van der Waals surface area (Å²) < 4.78 is 0. The summed E-state index contributed by atoms with van der Waals surface area (Å²) >= 11 is 7.44. The van der Waals surface area contributed by atoms with Crippen LogP contribution in [0.15, 0.2) is 89.8 Å².